The predicted molar refractivity (Wildman–Crippen MR) is 109 cm³/mol. The topological polar surface area (TPSA) is 80.5 Å². The third-order valence-corrected chi connectivity index (χ3v) is 8.30. The second-order valence-electron chi connectivity index (χ2n) is 6.29. The second kappa shape index (κ2) is 8.26. The summed E-state index contributed by atoms with van der Waals surface area (Å²) in [7, 11) is -3.52. The van der Waals surface area contributed by atoms with Crippen LogP contribution in [-0.2, 0) is 15.8 Å². The zero-order valence-electron chi connectivity index (χ0n) is 15.8. The molecule has 0 aliphatic carbocycles. The Balaban J connectivity index is 1.86. The first kappa shape index (κ1) is 20.2. The van der Waals surface area contributed by atoms with E-state index in [4.69, 9.17) is 0 Å². The molecule has 0 aliphatic heterocycles. The lowest BCUT2D eigenvalue weighted by molar-refractivity contribution is 0.445. The number of hydrogen-bond acceptors (Lipinski definition) is 7. The molecule has 0 amide bonds. The summed E-state index contributed by atoms with van der Waals surface area (Å²) in [6.07, 6.45) is 1.60. The molecule has 27 heavy (non-hydrogen) atoms. The van der Waals surface area contributed by atoms with E-state index in [-0.39, 0.29) is 4.90 Å². The molecule has 0 spiro atoms. The summed E-state index contributed by atoms with van der Waals surface area (Å²) in [5.41, 5.74) is 1.62. The molecule has 0 N–H and O–H groups in total. The Hall–Kier alpha value is -1.49. The maximum atomic E-state index is 12.8. The van der Waals surface area contributed by atoms with Gasteiger partial charge in [0.15, 0.2) is 10.8 Å². The first-order valence-electron chi connectivity index (χ1n) is 8.78. The maximum absolute atomic E-state index is 12.8. The van der Waals surface area contributed by atoms with Crippen molar-refractivity contribution in [3.63, 3.8) is 0 Å². The molecule has 0 fully saturated rings. The van der Waals surface area contributed by atoms with Gasteiger partial charge < -0.3 is 0 Å². The third-order valence-electron chi connectivity index (χ3n) is 4.10. The monoisotopic (exact) mass is 425 g/mol. The fraction of sp³-hybridized carbons (Fsp3) is 0.471. The van der Waals surface area contributed by atoms with Gasteiger partial charge in [0, 0.05) is 36.3 Å². The highest BCUT2D eigenvalue weighted by atomic mass is 32.2. The molecule has 10 heteroatoms. The van der Waals surface area contributed by atoms with Crippen LogP contribution >= 0.6 is 23.1 Å². The Morgan fingerprint density at radius 3 is 2.59 bits per heavy atom. The van der Waals surface area contributed by atoms with E-state index in [0.717, 1.165) is 10.7 Å². The van der Waals surface area contributed by atoms with Crippen LogP contribution in [0.5, 0.6) is 0 Å². The summed E-state index contributed by atoms with van der Waals surface area (Å²) in [6, 6.07) is 3.27. The normalized spacial score (nSPS) is 12.5. The lowest BCUT2D eigenvalue weighted by Gasteiger charge is -2.18. The number of thiazole rings is 1. The molecule has 3 aromatic heterocycles. The molecule has 0 aromatic carbocycles. The Morgan fingerprint density at radius 1 is 1.22 bits per heavy atom. The minimum absolute atomic E-state index is 0.246. The van der Waals surface area contributed by atoms with E-state index >= 15 is 0 Å². The van der Waals surface area contributed by atoms with Crippen molar-refractivity contribution in [3.8, 4) is 0 Å². The molecule has 0 saturated heterocycles. The van der Waals surface area contributed by atoms with Crippen LogP contribution in [-0.4, -0.2) is 45.4 Å². The van der Waals surface area contributed by atoms with E-state index in [1.807, 2.05) is 13.8 Å². The molecule has 146 valence electrons. The van der Waals surface area contributed by atoms with Crippen molar-refractivity contribution in [2.75, 3.05) is 13.1 Å². The van der Waals surface area contributed by atoms with E-state index in [0.29, 0.717) is 35.6 Å². The Kier molecular flexibility index (Phi) is 6.19. The number of aromatic nitrogens is 4. The molecule has 3 heterocycles. The summed E-state index contributed by atoms with van der Waals surface area (Å²) >= 11 is 3.16. The van der Waals surface area contributed by atoms with Gasteiger partial charge in [0.05, 0.1) is 15.6 Å². The van der Waals surface area contributed by atoms with Crippen molar-refractivity contribution < 1.29 is 8.42 Å². The van der Waals surface area contributed by atoms with Gasteiger partial charge in [0.25, 0.3) is 0 Å². The van der Waals surface area contributed by atoms with Crippen LogP contribution in [0.3, 0.4) is 0 Å². The molecule has 0 bridgehead atoms. The average Bonchev–Trinajstić information content (AvgIpc) is 3.27. The Labute approximate surface area is 167 Å². The van der Waals surface area contributed by atoms with Crippen molar-refractivity contribution in [3.05, 3.63) is 34.4 Å². The standard InChI is InChI=1S/C17H23N5O2S3/c1-5-21(6-2)27(23,24)14-7-8-15-19-20-17(22(15)9-14)26-11-13-10-25-16(18-13)12(3)4/h7-10,12H,5-6,11H2,1-4H3. The van der Waals surface area contributed by atoms with Crippen LogP contribution < -0.4 is 0 Å². The van der Waals surface area contributed by atoms with Crippen molar-refractivity contribution in [2.24, 2.45) is 0 Å². The number of fused-ring (bicyclic) bond motifs is 1. The predicted octanol–water partition coefficient (Wildman–Crippen LogP) is 3.63. The van der Waals surface area contributed by atoms with Gasteiger partial charge in [-0.3, -0.25) is 4.40 Å². The largest absolute Gasteiger partial charge is 0.276 e. The fourth-order valence-corrected chi connectivity index (χ4v) is 5.81. The van der Waals surface area contributed by atoms with Crippen LogP contribution in [0.1, 0.15) is 44.3 Å². The fourth-order valence-electron chi connectivity index (χ4n) is 2.61. The molecule has 0 aliphatic rings. The van der Waals surface area contributed by atoms with E-state index in [2.05, 4.69) is 34.4 Å². The molecule has 0 saturated carbocycles. The van der Waals surface area contributed by atoms with E-state index in [1.165, 1.54) is 16.1 Å². The summed E-state index contributed by atoms with van der Waals surface area (Å²) in [4.78, 5) is 4.88. The molecule has 0 atom stereocenters. The average molecular weight is 426 g/mol. The van der Waals surface area contributed by atoms with E-state index in [1.54, 1.807) is 34.1 Å². The zero-order chi connectivity index (χ0) is 19.6. The molecule has 7 nitrogen and oxygen atoms in total. The summed E-state index contributed by atoms with van der Waals surface area (Å²) in [5.74, 6) is 1.08. The van der Waals surface area contributed by atoms with Crippen molar-refractivity contribution in [1.82, 2.24) is 23.9 Å². The van der Waals surface area contributed by atoms with Crippen LogP contribution in [0.2, 0.25) is 0 Å². The van der Waals surface area contributed by atoms with Crippen molar-refractivity contribution >= 4 is 38.8 Å². The van der Waals surface area contributed by atoms with Gasteiger partial charge in [-0.2, -0.15) is 4.31 Å². The molecule has 0 radical (unpaired) electrons. The molecular formula is C17H23N5O2S3. The Bertz CT molecular complexity index is 1020. The smallest absolute Gasteiger partial charge is 0.244 e. The van der Waals surface area contributed by atoms with Gasteiger partial charge >= 0.3 is 0 Å². The number of sulfonamides is 1. The van der Waals surface area contributed by atoms with Crippen LogP contribution in [0.25, 0.3) is 5.65 Å². The summed E-state index contributed by atoms with van der Waals surface area (Å²) in [6.45, 7) is 8.78. The van der Waals surface area contributed by atoms with Crippen LogP contribution in [0, 0.1) is 0 Å². The van der Waals surface area contributed by atoms with Crippen molar-refractivity contribution in [1.29, 1.82) is 0 Å². The molecule has 3 aromatic rings. The third kappa shape index (κ3) is 4.18. The maximum Gasteiger partial charge on any atom is 0.244 e. The first-order chi connectivity index (χ1) is 12.9. The van der Waals surface area contributed by atoms with Gasteiger partial charge in [0.2, 0.25) is 10.0 Å². The number of rotatable bonds is 8. The van der Waals surface area contributed by atoms with E-state index in [9.17, 15) is 8.42 Å². The minimum Gasteiger partial charge on any atom is -0.276 e. The highest BCUT2D eigenvalue weighted by Gasteiger charge is 2.22. The zero-order valence-corrected chi connectivity index (χ0v) is 18.2. The SMILES string of the molecule is CCN(CC)S(=O)(=O)c1ccc2nnc(SCc3csc(C(C)C)n3)n2c1. The van der Waals surface area contributed by atoms with Gasteiger partial charge in [-0.25, -0.2) is 13.4 Å². The summed E-state index contributed by atoms with van der Waals surface area (Å²) in [5, 5.41) is 12.2. The van der Waals surface area contributed by atoms with Crippen molar-refractivity contribution in [2.45, 2.75) is 49.4 Å². The number of pyridine rings is 1. The molecular weight excluding hydrogens is 402 g/mol. The van der Waals surface area contributed by atoms with Crippen LogP contribution in [0.4, 0.5) is 0 Å². The quantitative estimate of drug-likeness (QED) is 0.513. The second-order valence-corrected chi connectivity index (χ2v) is 10.1. The number of thioether (sulfide) groups is 1. The molecule has 3 rings (SSSR count). The highest BCUT2D eigenvalue weighted by molar-refractivity contribution is 7.98. The number of nitrogens with zero attached hydrogens (tertiary/aromatic N) is 5. The summed E-state index contributed by atoms with van der Waals surface area (Å²) < 4.78 is 28.7. The van der Waals surface area contributed by atoms with Gasteiger partial charge in [0.1, 0.15) is 0 Å². The lowest BCUT2D eigenvalue weighted by Crippen LogP contribution is -2.30. The Morgan fingerprint density at radius 2 is 1.96 bits per heavy atom. The minimum atomic E-state index is -3.52. The highest BCUT2D eigenvalue weighted by Crippen LogP contribution is 2.26. The molecule has 0 unspecified atom stereocenters. The van der Waals surface area contributed by atoms with E-state index < -0.39 is 10.0 Å². The van der Waals surface area contributed by atoms with Gasteiger partial charge in [-0.1, -0.05) is 39.5 Å². The first-order valence-corrected chi connectivity index (χ1v) is 12.1. The van der Waals surface area contributed by atoms with Crippen LogP contribution in [0.15, 0.2) is 33.8 Å². The van der Waals surface area contributed by atoms with Gasteiger partial charge in [-0.05, 0) is 12.1 Å². The number of hydrogen-bond donors (Lipinski definition) is 0. The van der Waals surface area contributed by atoms with Gasteiger partial charge in [-0.15, -0.1) is 21.5 Å². The lowest BCUT2D eigenvalue weighted by atomic mass is 10.2.